The molecule has 10 rings (SSSR count). The first-order chi connectivity index (χ1) is 25.7. The van der Waals surface area contributed by atoms with Gasteiger partial charge in [0, 0.05) is 16.7 Å². The summed E-state index contributed by atoms with van der Waals surface area (Å²) >= 11 is 0. The van der Waals surface area contributed by atoms with Crippen molar-refractivity contribution < 1.29 is 0 Å². The Balaban J connectivity index is 1.11. The summed E-state index contributed by atoms with van der Waals surface area (Å²) in [6.07, 6.45) is 0. The van der Waals surface area contributed by atoms with E-state index in [-0.39, 0.29) is 0 Å². The standard InChI is InChI=1S/C50H32N2/c1-2-14-35(15-3-1)50-51-47(32-48(52-50)41-25-24-33-12-4-5-16-36(33)28-41)40-20-10-18-37(29-40)38-19-11-21-42(30-38)49-44-23-9-7-17-39(44)31-46-43-22-8-6-13-34(43)26-27-45(46)49/h1-32H. The van der Waals surface area contributed by atoms with Gasteiger partial charge in [0.1, 0.15) is 0 Å². The third-order valence-corrected chi connectivity index (χ3v) is 10.2. The summed E-state index contributed by atoms with van der Waals surface area (Å²) in [5.41, 5.74) is 9.66. The molecule has 0 radical (unpaired) electrons. The molecule has 10 aromatic rings. The molecule has 2 heteroatoms. The molecule has 0 saturated carbocycles. The normalized spacial score (nSPS) is 11.5. The van der Waals surface area contributed by atoms with E-state index in [1.807, 2.05) is 18.2 Å². The van der Waals surface area contributed by atoms with Crippen molar-refractivity contribution in [2.24, 2.45) is 0 Å². The van der Waals surface area contributed by atoms with E-state index in [0.717, 1.165) is 39.2 Å². The molecule has 0 bridgehead atoms. The molecule has 0 spiro atoms. The summed E-state index contributed by atoms with van der Waals surface area (Å²) in [6.45, 7) is 0. The summed E-state index contributed by atoms with van der Waals surface area (Å²) in [5, 5.41) is 9.97. The van der Waals surface area contributed by atoms with Crippen molar-refractivity contribution in [3.05, 3.63) is 194 Å². The van der Waals surface area contributed by atoms with E-state index in [1.165, 1.54) is 54.2 Å². The van der Waals surface area contributed by atoms with Gasteiger partial charge in [0.2, 0.25) is 0 Å². The van der Waals surface area contributed by atoms with Crippen LogP contribution in [0.5, 0.6) is 0 Å². The average molecular weight is 661 g/mol. The topological polar surface area (TPSA) is 25.8 Å². The fraction of sp³-hybridized carbons (Fsp3) is 0. The predicted molar refractivity (Wildman–Crippen MR) is 219 cm³/mol. The highest BCUT2D eigenvalue weighted by atomic mass is 14.9. The first-order valence-electron chi connectivity index (χ1n) is 17.7. The fourth-order valence-electron chi connectivity index (χ4n) is 7.65. The Morgan fingerprint density at radius 2 is 0.808 bits per heavy atom. The highest BCUT2D eigenvalue weighted by Gasteiger charge is 2.15. The van der Waals surface area contributed by atoms with Crippen LogP contribution in [0.25, 0.3) is 99.2 Å². The van der Waals surface area contributed by atoms with E-state index in [2.05, 4.69) is 176 Å². The monoisotopic (exact) mass is 660 g/mol. The Morgan fingerprint density at radius 3 is 1.60 bits per heavy atom. The Hall–Kier alpha value is -6.90. The van der Waals surface area contributed by atoms with Gasteiger partial charge in [-0.15, -0.1) is 0 Å². The van der Waals surface area contributed by atoms with Crippen molar-refractivity contribution in [2.75, 3.05) is 0 Å². The van der Waals surface area contributed by atoms with E-state index in [0.29, 0.717) is 5.82 Å². The van der Waals surface area contributed by atoms with Crippen molar-refractivity contribution >= 4 is 43.1 Å². The van der Waals surface area contributed by atoms with E-state index in [4.69, 9.17) is 9.97 Å². The quantitative estimate of drug-likeness (QED) is 0.136. The first-order valence-corrected chi connectivity index (χ1v) is 17.7. The van der Waals surface area contributed by atoms with Crippen LogP contribution in [0.2, 0.25) is 0 Å². The minimum Gasteiger partial charge on any atom is -0.228 e. The third kappa shape index (κ3) is 5.30. The zero-order valence-corrected chi connectivity index (χ0v) is 28.4. The van der Waals surface area contributed by atoms with Crippen LogP contribution in [-0.2, 0) is 0 Å². The SMILES string of the molecule is c1ccc(-c2nc(-c3cccc(-c4cccc(-c5c6ccccc6cc6c5ccc5ccccc56)c4)c3)cc(-c3ccc4ccccc4c3)n2)cc1. The maximum atomic E-state index is 5.14. The molecule has 0 atom stereocenters. The van der Waals surface area contributed by atoms with E-state index < -0.39 is 0 Å². The summed E-state index contributed by atoms with van der Waals surface area (Å²) in [7, 11) is 0. The van der Waals surface area contributed by atoms with Crippen molar-refractivity contribution in [3.63, 3.8) is 0 Å². The van der Waals surface area contributed by atoms with Gasteiger partial charge in [-0.05, 0) is 95.7 Å². The highest BCUT2D eigenvalue weighted by Crippen LogP contribution is 2.41. The number of aromatic nitrogens is 2. The lowest BCUT2D eigenvalue weighted by Gasteiger charge is -2.15. The summed E-state index contributed by atoms with van der Waals surface area (Å²) in [4.78, 5) is 10.2. The maximum Gasteiger partial charge on any atom is 0.160 e. The molecule has 0 fully saturated rings. The third-order valence-electron chi connectivity index (χ3n) is 10.2. The summed E-state index contributed by atoms with van der Waals surface area (Å²) < 4.78 is 0. The molecular formula is C50H32N2. The molecule has 0 aliphatic rings. The van der Waals surface area contributed by atoms with Crippen LogP contribution < -0.4 is 0 Å². The van der Waals surface area contributed by atoms with Crippen molar-refractivity contribution in [1.29, 1.82) is 0 Å². The van der Waals surface area contributed by atoms with Gasteiger partial charge in [0.15, 0.2) is 5.82 Å². The van der Waals surface area contributed by atoms with Gasteiger partial charge in [-0.3, -0.25) is 0 Å². The molecular weight excluding hydrogens is 629 g/mol. The molecule has 1 heterocycles. The number of hydrogen-bond donors (Lipinski definition) is 0. The molecule has 9 aromatic carbocycles. The van der Waals surface area contributed by atoms with Crippen molar-refractivity contribution in [3.8, 4) is 56.2 Å². The van der Waals surface area contributed by atoms with E-state index in [1.54, 1.807) is 0 Å². The fourth-order valence-corrected chi connectivity index (χ4v) is 7.65. The van der Waals surface area contributed by atoms with Crippen molar-refractivity contribution in [2.45, 2.75) is 0 Å². The minimum atomic E-state index is 0.712. The van der Waals surface area contributed by atoms with Gasteiger partial charge >= 0.3 is 0 Å². The van der Waals surface area contributed by atoms with Gasteiger partial charge in [0.25, 0.3) is 0 Å². The highest BCUT2D eigenvalue weighted by molar-refractivity contribution is 6.20. The largest absolute Gasteiger partial charge is 0.228 e. The second-order valence-electron chi connectivity index (χ2n) is 13.4. The molecule has 0 unspecified atom stereocenters. The molecule has 0 N–H and O–H groups in total. The minimum absolute atomic E-state index is 0.712. The maximum absolute atomic E-state index is 5.14. The number of rotatable bonds is 5. The predicted octanol–water partition coefficient (Wildman–Crippen LogP) is 13.4. The van der Waals surface area contributed by atoms with Crippen LogP contribution in [0.1, 0.15) is 0 Å². The zero-order valence-electron chi connectivity index (χ0n) is 28.4. The first kappa shape index (κ1) is 30.0. The Kier molecular flexibility index (Phi) is 7.18. The average Bonchev–Trinajstić information content (AvgIpc) is 3.23. The zero-order chi connectivity index (χ0) is 34.4. The summed E-state index contributed by atoms with van der Waals surface area (Å²) in [6, 6.07) is 69.4. The van der Waals surface area contributed by atoms with Gasteiger partial charge in [-0.2, -0.15) is 0 Å². The van der Waals surface area contributed by atoms with Crippen LogP contribution >= 0.6 is 0 Å². The lowest BCUT2D eigenvalue weighted by molar-refractivity contribution is 1.18. The molecule has 0 amide bonds. The molecule has 0 aliphatic heterocycles. The molecule has 1 aromatic heterocycles. The smallest absolute Gasteiger partial charge is 0.160 e. The van der Waals surface area contributed by atoms with Crippen LogP contribution in [0.4, 0.5) is 0 Å². The molecule has 0 aliphatic carbocycles. The van der Waals surface area contributed by atoms with Crippen LogP contribution in [0, 0.1) is 0 Å². The van der Waals surface area contributed by atoms with Gasteiger partial charge in [-0.25, -0.2) is 9.97 Å². The lowest BCUT2D eigenvalue weighted by Crippen LogP contribution is -1.96. The molecule has 2 nitrogen and oxygen atoms in total. The van der Waals surface area contributed by atoms with Gasteiger partial charge in [0.05, 0.1) is 11.4 Å². The molecule has 242 valence electrons. The second kappa shape index (κ2) is 12.5. The molecule has 0 saturated heterocycles. The van der Waals surface area contributed by atoms with Crippen LogP contribution in [0.3, 0.4) is 0 Å². The number of fused-ring (bicyclic) bond motifs is 5. The number of benzene rings is 9. The second-order valence-corrected chi connectivity index (χ2v) is 13.4. The number of nitrogens with zero attached hydrogens (tertiary/aromatic N) is 2. The Bertz CT molecular complexity index is 2960. The molecule has 52 heavy (non-hydrogen) atoms. The Morgan fingerprint density at radius 1 is 0.250 bits per heavy atom. The number of hydrogen-bond acceptors (Lipinski definition) is 2. The van der Waals surface area contributed by atoms with Gasteiger partial charge in [-0.1, -0.05) is 164 Å². The van der Waals surface area contributed by atoms with Crippen LogP contribution in [-0.4, -0.2) is 9.97 Å². The van der Waals surface area contributed by atoms with E-state index in [9.17, 15) is 0 Å². The lowest BCUT2D eigenvalue weighted by atomic mass is 9.88. The van der Waals surface area contributed by atoms with Crippen molar-refractivity contribution in [1.82, 2.24) is 9.97 Å². The van der Waals surface area contributed by atoms with Gasteiger partial charge < -0.3 is 0 Å². The Labute approximate surface area is 302 Å². The summed E-state index contributed by atoms with van der Waals surface area (Å²) in [5.74, 6) is 0.712. The van der Waals surface area contributed by atoms with Crippen LogP contribution in [0.15, 0.2) is 194 Å². The van der Waals surface area contributed by atoms with E-state index >= 15 is 0 Å².